The Morgan fingerprint density at radius 2 is 1.90 bits per heavy atom. The second-order valence-electron chi connectivity index (χ2n) is 6.98. The lowest BCUT2D eigenvalue weighted by Gasteiger charge is -2.24. The normalized spacial score (nSPS) is 23.6. The Bertz CT molecular complexity index is 649. The third-order valence-electron chi connectivity index (χ3n) is 4.60. The number of fused-ring (bicyclic) bond motifs is 1. The fourth-order valence-corrected chi connectivity index (χ4v) is 4.39. The molecule has 3 nitrogen and oxygen atoms in total. The zero-order chi connectivity index (χ0) is 15.2. The zero-order valence-corrected chi connectivity index (χ0v) is 13.8. The van der Waals surface area contributed by atoms with Crippen molar-refractivity contribution < 1.29 is 5.11 Å². The molecule has 1 aromatic carbocycles. The van der Waals surface area contributed by atoms with Crippen molar-refractivity contribution in [3.05, 3.63) is 22.7 Å². The number of thiazole rings is 1. The quantitative estimate of drug-likeness (QED) is 0.808. The van der Waals surface area contributed by atoms with Gasteiger partial charge in [0.2, 0.25) is 0 Å². The number of benzene rings is 1. The van der Waals surface area contributed by atoms with E-state index in [9.17, 15) is 5.11 Å². The summed E-state index contributed by atoms with van der Waals surface area (Å²) in [6.45, 7) is 5.87. The van der Waals surface area contributed by atoms with Gasteiger partial charge in [0, 0.05) is 17.2 Å². The predicted octanol–water partition coefficient (Wildman–Crippen LogP) is 4.40. The van der Waals surface area contributed by atoms with Crippen LogP contribution in [-0.4, -0.2) is 10.1 Å². The van der Waals surface area contributed by atoms with Gasteiger partial charge in [-0.05, 0) is 44.7 Å². The molecular weight excluding hydrogens is 280 g/mol. The average molecular weight is 304 g/mol. The minimum atomic E-state index is -0.928. The first-order valence-corrected chi connectivity index (χ1v) is 8.59. The molecule has 0 aliphatic heterocycles. The van der Waals surface area contributed by atoms with Crippen LogP contribution in [0.4, 0.5) is 5.69 Å². The summed E-state index contributed by atoms with van der Waals surface area (Å²) in [6, 6.07) is 3.92. The summed E-state index contributed by atoms with van der Waals surface area (Å²) >= 11 is 1.77. The number of hydrogen-bond acceptors (Lipinski definition) is 4. The van der Waals surface area contributed by atoms with Crippen LogP contribution in [0, 0.1) is 5.92 Å². The maximum atomic E-state index is 10.2. The van der Waals surface area contributed by atoms with E-state index in [0.717, 1.165) is 21.7 Å². The molecule has 0 atom stereocenters. The van der Waals surface area contributed by atoms with E-state index in [1.54, 1.807) is 25.2 Å². The number of anilines is 1. The zero-order valence-electron chi connectivity index (χ0n) is 13.0. The Morgan fingerprint density at radius 1 is 1.24 bits per heavy atom. The van der Waals surface area contributed by atoms with E-state index < -0.39 is 5.60 Å². The summed E-state index contributed by atoms with van der Waals surface area (Å²) < 4.78 is 1.13. The molecule has 21 heavy (non-hydrogen) atoms. The highest BCUT2D eigenvalue weighted by atomic mass is 32.1. The number of nitrogen functional groups attached to an aromatic ring is 1. The Morgan fingerprint density at radius 3 is 2.52 bits per heavy atom. The summed E-state index contributed by atoms with van der Waals surface area (Å²) in [5.41, 5.74) is 7.56. The van der Waals surface area contributed by atoms with Gasteiger partial charge in [-0.1, -0.05) is 19.8 Å². The molecule has 3 N–H and O–H groups in total. The van der Waals surface area contributed by atoms with Crippen molar-refractivity contribution in [2.45, 2.75) is 58.0 Å². The van der Waals surface area contributed by atoms with Crippen molar-refractivity contribution in [2.24, 2.45) is 5.92 Å². The van der Waals surface area contributed by atoms with Crippen LogP contribution in [0.3, 0.4) is 0 Å². The third kappa shape index (κ3) is 2.92. The summed E-state index contributed by atoms with van der Waals surface area (Å²) in [5.74, 6) is 1.46. The van der Waals surface area contributed by atoms with Crippen LogP contribution in [0.5, 0.6) is 0 Å². The van der Waals surface area contributed by atoms with Crippen molar-refractivity contribution in [1.29, 1.82) is 0 Å². The molecule has 0 spiro atoms. The lowest BCUT2D eigenvalue weighted by atomic mass is 9.83. The van der Waals surface area contributed by atoms with E-state index in [1.807, 2.05) is 12.1 Å². The molecular formula is C17H24N2OS. The SMILES string of the molecule is CC1CCC(c2nc3cc(C(C)(C)O)c(N)cc3s2)CC1. The van der Waals surface area contributed by atoms with Crippen molar-refractivity contribution in [2.75, 3.05) is 5.73 Å². The van der Waals surface area contributed by atoms with E-state index in [2.05, 4.69) is 6.92 Å². The molecule has 1 fully saturated rings. The monoisotopic (exact) mass is 304 g/mol. The van der Waals surface area contributed by atoms with Gasteiger partial charge in [0.15, 0.2) is 0 Å². The number of nitrogens with two attached hydrogens (primary N) is 1. The van der Waals surface area contributed by atoms with Crippen molar-refractivity contribution in [3.63, 3.8) is 0 Å². The molecule has 3 rings (SSSR count). The van der Waals surface area contributed by atoms with E-state index >= 15 is 0 Å². The maximum Gasteiger partial charge on any atom is 0.0969 e. The van der Waals surface area contributed by atoms with Gasteiger partial charge in [0.05, 0.1) is 20.8 Å². The standard InChI is InChI=1S/C17H24N2OS/c1-10-4-6-11(7-5-10)16-19-14-8-12(17(2,3)20)13(18)9-15(14)21-16/h8-11,20H,4-7,18H2,1-3H3. The summed E-state index contributed by atoms with van der Waals surface area (Å²) in [7, 11) is 0. The maximum absolute atomic E-state index is 10.2. The summed E-state index contributed by atoms with van der Waals surface area (Å²) in [4.78, 5) is 4.83. The molecule has 0 unspecified atom stereocenters. The Labute approximate surface area is 130 Å². The molecule has 4 heteroatoms. The van der Waals surface area contributed by atoms with Gasteiger partial charge >= 0.3 is 0 Å². The van der Waals surface area contributed by atoms with E-state index in [0.29, 0.717) is 11.6 Å². The molecule has 1 aromatic heterocycles. The summed E-state index contributed by atoms with van der Waals surface area (Å²) in [5, 5.41) is 11.4. The molecule has 114 valence electrons. The van der Waals surface area contributed by atoms with E-state index in [1.165, 1.54) is 30.7 Å². The van der Waals surface area contributed by atoms with Crippen LogP contribution in [-0.2, 0) is 5.60 Å². The average Bonchev–Trinajstić information content (AvgIpc) is 2.80. The van der Waals surface area contributed by atoms with Gasteiger partial charge in [-0.3, -0.25) is 0 Å². The first-order valence-electron chi connectivity index (χ1n) is 7.77. The molecule has 0 radical (unpaired) electrons. The van der Waals surface area contributed by atoms with Crippen LogP contribution in [0.15, 0.2) is 12.1 Å². The fraction of sp³-hybridized carbons (Fsp3) is 0.588. The lowest BCUT2D eigenvalue weighted by Crippen LogP contribution is -2.17. The van der Waals surface area contributed by atoms with E-state index in [-0.39, 0.29) is 0 Å². The number of aromatic nitrogens is 1. The highest BCUT2D eigenvalue weighted by Crippen LogP contribution is 2.40. The Balaban J connectivity index is 1.97. The second kappa shape index (κ2) is 5.25. The first-order chi connectivity index (χ1) is 9.84. The predicted molar refractivity (Wildman–Crippen MR) is 89.7 cm³/mol. The molecule has 1 saturated carbocycles. The molecule has 1 aliphatic carbocycles. The van der Waals surface area contributed by atoms with Gasteiger partial charge in [-0.15, -0.1) is 11.3 Å². The second-order valence-corrected chi connectivity index (χ2v) is 8.04. The van der Waals surface area contributed by atoms with Gasteiger partial charge in [0.1, 0.15) is 0 Å². The topological polar surface area (TPSA) is 59.1 Å². The summed E-state index contributed by atoms with van der Waals surface area (Å²) in [6.07, 6.45) is 5.10. The molecule has 0 bridgehead atoms. The van der Waals surface area contributed by atoms with Gasteiger partial charge in [0.25, 0.3) is 0 Å². The van der Waals surface area contributed by atoms with Crippen LogP contribution in [0.2, 0.25) is 0 Å². The Kier molecular flexibility index (Phi) is 3.70. The van der Waals surface area contributed by atoms with Crippen molar-refractivity contribution in [3.8, 4) is 0 Å². The van der Waals surface area contributed by atoms with Crippen LogP contribution in [0.25, 0.3) is 10.2 Å². The van der Waals surface area contributed by atoms with Crippen molar-refractivity contribution in [1.82, 2.24) is 4.98 Å². The number of aliphatic hydroxyl groups is 1. The highest BCUT2D eigenvalue weighted by molar-refractivity contribution is 7.18. The highest BCUT2D eigenvalue weighted by Gasteiger charge is 2.24. The molecule has 0 saturated heterocycles. The molecule has 1 heterocycles. The van der Waals surface area contributed by atoms with Gasteiger partial charge < -0.3 is 10.8 Å². The number of rotatable bonds is 2. The third-order valence-corrected chi connectivity index (χ3v) is 5.78. The van der Waals surface area contributed by atoms with E-state index in [4.69, 9.17) is 10.7 Å². The minimum Gasteiger partial charge on any atom is -0.398 e. The van der Waals surface area contributed by atoms with Crippen LogP contribution >= 0.6 is 11.3 Å². The number of hydrogen-bond donors (Lipinski definition) is 2. The van der Waals surface area contributed by atoms with Gasteiger partial charge in [-0.25, -0.2) is 4.98 Å². The van der Waals surface area contributed by atoms with Crippen LogP contribution < -0.4 is 5.73 Å². The van der Waals surface area contributed by atoms with Crippen molar-refractivity contribution >= 4 is 27.2 Å². The smallest absolute Gasteiger partial charge is 0.0969 e. The van der Waals surface area contributed by atoms with Gasteiger partial charge in [-0.2, -0.15) is 0 Å². The van der Waals surface area contributed by atoms with Crippen LogP contribution in [0.1, 0.15) is 62.9 Å². The minimum absolute atomic E-state index is 0.602. The fourth-order valence-electron chi connectivity index (χ4n) is 3.22. The largest absolute Gasteiger partial charge is 0.398 e. The lowest BCUT2D eigenvalue weighted by molar-refractivity contribution is 0.0795. The first kappa shape index (κ1) is 14.8. The number of nitrogens with zero attached hydrogens (tertiary/aromatic N) is 1. The Hall–Kier alpha value is -1.13. The molecule has 1 aliphatic rings. The molecule has 0 amide bonds. The molecule has 2 aromatic rings.